The van der Waals surface area contributed by atoms with E-state index < -0.39 is 0 Å². The van der Waals surface area contributed by atoms with Crippen LogP contribution < -0.4 is 10.6 Å². The fraction of sp³-hybridized carbons (Fsp3) is 0.350. The largest absolute Gasteiger partial charge is 0.396 e. The minimum atomic E-state index is 0.153. The molecule has 28 heavy (non-hydrogen) atoms. The number of aromatic nitrogens is 3. The number of hydrogen-bond acceptors (Lipinski definition) is 5. The average molecular weight is 446 g/mol. The van der Waals surface area contributed by atoms with Crippen LogP contribution in [0.25, 0.3) is 16.9 Å². The zero-order chi connectivity index (χ0) is 19.9. The summed E-state index contributed by atoms with van der Waals surface area (Å²) in [5, 5.41) is 14.8. The van der Waals surface area contributed by atoms with Crippen molar-refractivity contribution in [2.24, 2.45) is 0 Å². The minimum absolute atomic E-state index is 0.153. The highest BCUT2D eigenvalue weighted by molar-refractivity contribution is 9.10. The van der Waals surface area contributed by atoms with Gasteiger partial charge in [-0.05, 0) is 42.1 Å². The van der Waals surface area contributed by atoms with Gasteiger partial charge in [-0.25, -0.2) is 9.97 Å². The summed E-state index contributed by atoms with van der Waals surface area (Å²) in [6.45, 7) is 2.88. The Morgan fingerprint density at radius 2 is 2.07 bits per heavy atom. The van der Waals surface area contributed by atoms with Crippen molar-refractivity contribution in [1.82, 2.24) is 19.7 Å². The van der Waals surface area contributed by atoms with E-state index in [2.05, 4.69) is 67.7 Å². The molecule has 0 aliphatic heterocycles. The molecule has 1 fully saturated rings. The fourth-order valence-electron chi connectivity index (χ4n) is 2.65. The van der Waals surface area contributed by atoms with Crippen molar-refractivity contribution in [2.75, 3.05) is 18.5 Å². The minimum Gasteiger partial charge on any atom is -0.396 e. The van der Waals surface area contributed by atoms with Crippen molar-refractivity contribution >= 4 is 33.8 Å². The van der Waals surface area contributed by atoms with Gasteiger partial charge in [0.05, 0.1) is 11.9 Å². The van der Waals surface area contributed by atoms with Crippen LogP contribution in [0.5, 0.6) is 0 Å². The van der Waals surface area contributed by atoms with Crippen LogP contribution in [0.15, 0.2) is 41.3 Å². The molecule has 0 saturated heterocycles. The molecular formula is C20H24BrN5O2. The Balaban J connectivity index is 0.000000320. The van der Waals surface area contributed by atoms with Crippen molar-refractivity contribution in [2.45, 2.75) is 32.2 Å². The highest BCUT2D eigenvalue weighted by Gasteiger charge is 2.19. The van der Waals surface area contributed by atoms with Crippen LogP contribution in [0.2, 0.25) is 0 Å². The van der Waals surface area contributed by atoms with Gasteiger partial charge in [0, 0.05) is 31.0 Å². The van der Waals surface area contributed by atoms with Gasteiger partial charge in [-0.3, -0.25) is 9.20 Å². The highest BCUT2D eigenvalue weighted by Crippen LogP contribution is 2.25. The van der Waals surface area contributed by atoms with Gasteiger partial charge < -0.3 is 15.7 Å². The number of carbonyl (C=O) groups is 1. The second-order valence-corrected chi connectivity index (χ2v) is 7.49. The molecule has 3 N–H and O–H groups in total. The van der Waals surface area contributed by atoms with E-state index in [1.54, 1.807) is 0 Å². The van der Waals surface area contributed by atoms with Crippen LogP contribution in [-0.2, 0) is 4.79 Å². The van der Waals surface area contributed by atoms with Crippen molar-refractivity contribution in [1.29, 1.82) is 0 Å². The first kappa shape index (κ1) is 20.3. The quantitative estimate of drug-likeness (QED) is 0.383. The van der Waals surface area contributed by atoms with Crippen molar-refractivity contribution in [3.63, 3.8) is 0 Å². The van der Waals surface area contributed by atoms with Gasteiger partial charge >= 0.3 is 0 Å². The molecule has 8 heteroatoms. The lowest BCUT2D eigenvalue weighted by Gasteiger charge is -2.08. The van der Waals surface area contributed by atoms with Crippen LogP contribution in [0.1, 0.15) is 24.8 Å². The molecule has 7 nitrogen and oxygen atoms in total. The Hall–Kier alpha value is -2.45. The van der Waals surface area contributed by atoms with Crippen LogP contribution in [-0.4, -0.2) is 45.1 Å². The SMILES string of the molecule is Cc1ccc(-c2cnc3c(NCCCO)nc(Br)cn23)cc1.O=CNC1CC1. The summed E-state index contributed by atoms with van der Waals surface area (Å²) >= 11 is 3.45. The number of halogens is 1. The molecule has 4 rings (SSSR count). The summed E-state index contributed by atoms with van der Waals surface area (Å²) in [5.74, 6) is 0.709. The van der Waals surface area contributed by atoms with Crippen LogP contribution >= 0.6 is 15.9 Å². The Bertz CT molecular complexity index is 922. The fourth-order valence-corrected chi connectivity index (χ4v) is 3.03. The molecule has 0 bridgehead atoms. The maximum atomic E-state index is 9.54. The molecule has 1 amide bonds. The predicted molar refractivity (Wildman–Crippen MR) is 113 cm³/mol. The van der Waals surface area contributed by atoms with E-state index in [1.165, 1.54) is 18.4 Å². The number of rotatable bonds is 7. The molecule has 1 aromatic carbocycles. The third-order valence-electron chi connectivity index (χ3n) is 4.32. The number of imidazole rings is 1. The summed E-state index contributed by atoms with van der Waals surface area (Å²) in [4.78, 5) is 18.5. The molecule has 2 heterocycles. The monoisotopic (exact) mass is 445 g/mol. The second kappa shape index (κ2) is 9.66. The predicted octanol–water partition coefficient (Wildman–Crippen LogP) is 3.16. The number of amides is 1. The normalized spacial score (nSPS) is 13.0. The van der Waals surface area contributed by atoms with Gasteiger partial charge in [-0.1, -0.05) is 29.8 Å². The lowest BCUT2D eigenvalue weighted by atomic mass is 10.1. The van der Waals surface area contributed by atoms with E-state index in [0.29, 0.717) is 24.8 Å². The van der Waals surface area contributed by atoms with Crippen LogP contribution in [0.4, 0.5) is 5.82 Å². The lowest BCUT2D eigenvalue weighted by molar-refractivity contribution is -0.109. The van der Waals surface area contributed by atoms with Gasteiger partial charge in [0.2, 0.25) is 6.41 Å². The first-order valence-corrected chi connectivity index (χ1v) is 10.1. The van der Waals surface area contributed by atoms with E-state index in [1.807, 2.05) is 16.8 Å². The highest BCUT2D eigenvalue weighted by atomic mass is 79.9. The Kier molecular flexibility index (Phi) is 7.00. The summed E-state index contributed by atoms with van der Waals surface area (Å²) in [7, 11) is 0. The van der Waals surface area contributed by atoms with Crippen molar-refractivity contribution in [3.05, 3.63) is 46.8 Å². The summed E-state index contributed by atoms with van der Waals surface area (Å²) in [6, 6.07) is 8.89. The van der Waals surface area contributed by atoms with Crippen LogP contribution in [0, 0.1) is 6.92 Å². The van der Waals surface area contributed by atoms with E-state index in [4.69, 9.17) is 5.11 Å². The molecular weight excluding hydrogens is 422 g/mol. The zero-order valence-electron chi connectivity index (χ0n) is 15.7. The lowest BCUT2D eigenvalue weighted by Crippen LogP contribution is -2.11. The van der Waals surface area contributed by atoms with Gasteiger partial charge in [-0.15, -0.1) is 0 Å². The molecule has 1 aliphatic carbocycles. The Morgan fingerprint density at radius 1 is 1.32 bits per heavy atom. The number of fused-ring (bicyclic) bond motifs is 1. The maximum Gasteiger partial charge on any atom is 0.207 e. The number of aryl methyl sites for hydroxylation is 1. The molecule has 3 aromatic rings. The third-order valence-corrected chi connectivity index (χ3v) is 4.70. The molecule has 0 spiro atoms. The van der Waals surface area contributed by atoms with E-state index in [-0.39, 0.29) is 6.61 Å². The summed E-state index contributed by atoms with van der Waals surface area (Å²) < 4.78 is 2.75. The smallest absolute Gasteiger partial charge is 0.207 e. The molecule has 0 atom stereocenters. The maximum absolute atomic E-state index is 9.54. The number of hydrogen-bond donors (Lipinski definition) is 3. The second-order valence-electron chi connectivity index (χ2n) is 6.68. The van der Waals surface area contributed by atoms with Crippen LogP contribution in [0.3, 0.4) is 0 Å². The number of aliphatic hydroxyl groups is 1. The van der Waals surface area contributed by atoms with Gasteiger partial charge in [0.25, 0.3) is 0 Å². The molecule has 0 unspecified atom stereocenters. The van der Waals surface area contributed by atoms with Gasteiger partial charge in [-0.2, -0.15) is 0 Å². The Morgan fingerprint density at radius 3 is 2.68 bits per heavy atom. The van der Waals surface area contributed by atoms with E-state index in [9.17, 15) is 4.79 Å². The zero-order valence-corrected chi connectivity index (χ0v) is 17.3. The van der Waals surface area contributed by atoms with Gasteiger partial charge in [0.1, 0.15) is 4.60 Å². The summed E-state index contributed by atoms with van der Waals surface area (Å²) in [5.41, 5.74) is 4.13. The first-order chi connectivity index (χ1) is 13.6. The van der Waals surface area contributed by atoms with Crippen molar-refractivity contribution < 1.29 is 9.90 Å². The van der Waals surface area contributed by atoms with Gasteiger partial charge in [0.15, 0.2) is 11.5 Å². The molecule has 1 aliphatic rings. The third kappa shape index (κ3) is 5.30. The Labute approximate surface area is 172 Å². The number of nitrogens with one attached hydrogen (secondary N) is 2. The molecule has 2 aromatic heterocycles. The average Bonchev–Trinajstić information content (AvgIpc) is 3.40. The number of aliphatic hydroxyl groups excluding tert-OH is 1. The number of carbonyl (C=O) groups excluding carboxylic acids is 1. The molecule has 148 valence electrons. The van der Waals surface area contributed by atoms with E-state index >= 15 is 0 Å². The number of nitrogens with zero attached hydrogens (tertiary/aromatic N) is 3. The number of anilines is 1. The molecule has 1 saturated carbocycles. The summed E-state index contributed by atoms with van der Waals surface area (Å²) in [6.07, 6.45) is 7.56. The van der Waals surface area contributed by atoms with E-state index in [0.717, 1.165) is 27.9 Å². The standard InChI is InChI=1S/C16H17BrN4O.C4H7NO/c1-11-3-5-12(6-4-11)13-9-19-16-15(18-7-2-8-22)20-14(17)10-21(13)16;6-3-5-4-1-2-4/h3-6,9-10,22H,2,7-8H2,1H3,(H,18,20);3-4H,1-2H2,(H,5,6). The first-order valence-electron chi connectivity index (χ1n) is 9.27. The molecule has 0 radical (unpaired) electrons. The number of benzene rings is 1. The topological polar surface area (TPSA) is 91.6 Å². The van der Waals surface area contributed by atoms with Crippen molar-refractivity contribution in [3.8, 4) is 11.3 Å².